The fraction of sp³-hybridized carbons (Fsp3) is 0.588. The zero-order chi connectivity index (χ0) is 14.1. The van der Waals surface area contributed by atoms with E-state index >= 15 is 0 Å². The van der Waals surface area contributed by atoms with Gasteiger partial charge in [0, 0.05) is 19.1 Å². The lowest BCUT2D eigenvalue weighted by Gasteiger charge is -2.29. The molecule has 1 aromatic rings. The van der Waals surface area contributed by atoms with Crippen molar-refractivity contribution in [3.05, 3.63) is 35.4 Å². The van der Waals surface area contributed by atoms with Gasteiger partial charge in [0.25, 0.3) is 0 Å². The van der Waals surface area contributed by atoms with Gasteiger partial charge in [-0.05, 0) is 37.2 Å². The average Bonchev–Trinajstić information content (AvgIpc) is 2.87. The van der Waals surface area contributed by atoms with Crippen LogP contribution in [0.25, 0.3) is 0 Å². The van der Waals surface area contributed by atoms with Crippen LogP contribution in [0.1, 0.15) is 30.4 Å². The first-order valence-corrected chi connectivity index (χ1v) is 7.72. The second-order valence-corrected chi connectivity index (χ2v) is 6.48. The van der Waals surface area contributed by atoms with E-state index in [2.05, 4.69) is 31.2 Å². The number of aryl methyl sites for hydroxylation is 1. The molecule has 108 valence electrons. The van der Waals surface area contributed by atoms with Crippen LogP contribution in [0.3, 0.4) is 0 Å². The highest BCUT2D eigenvalue weighted by molar-refractivity contribution is 5.79. The molecule has 1 aromatic carbocycles. The van der Waals surface area contributed by atoms with Crippen molar-refractivity contribution < 1.29 is 4.79 Å². The maximum Gasteiger partial charge on any atom is 0.227 e. The molecule has 1 aliphatic carbocycles. The SMILES string of the molecule is Cc1ccc(CC(=O)N2CC3CCCC(N)C3C2)cc1. The van der Waals surface area contributed by atoms with E-state index in [1.165, 1.54) is 18.4 Å². The van der Waals surface area contributed by atoms with Crippen molar-refractivity contribution in [1.82, 2.24) is 4.90 Å². The van der Waals surface area contributed by atoms with E-state index in [-0.39, 0.29) is 5.91 Å². The lowest BCUT2D eigenvalue weighted by molar-refractivity contribution is -0.129. The summed E-state index contributed by atoms with van der Waals surface area (Å²) >= 11 is 0. The van der Waals surface area contributed by atoms with Crippen molar-refractivity contribution in [2.75, 3.05) is 13.1 Å². The summed E-state index contributed by atoms with van der Waals surface area (Å²) in [5, 5.41) is 0. The van der Waals surface area contributed by atoms with Gasteiger partial charge < -0.3 is 10.6 Å². The number of amides is 1. The highest BCUT2D eigenvalue weighted by Gasteiger charge is 2.40. The number of nitrogens with zero attached hydrogens (tertiary/aromatic N) is 1. The Balaban J connectivity index is 1.62. The molecule has 2 aliphatic rings. The van der Waals surface area contributed by atoms with Crippen LogP contribution < -0.4 is 5.73 Å². The van der Waals surface area contributed by atoms with Crippen LogP contribution in [0.15, 0.2) is 24.3 Å². The summed E-state index contributed by atoms with van der Waals surface area (Å²) in [4.78, 5) is 14.5. The standard InChI is InChI=1S/C17H24N2O/c1-12-5-7-13(8-6-12)9-17(20)19-10-14-3-2-4-16(18)15(14)11-19/h5-8,14-16H,2-4,9-11,18H2,1H3. The molecule has 3 heteroatoms. The molecule has 0 spiro atoms. The molecule has 3 atom stereocenters. The average molecular weight is 272 g/mol. The summed E-state index contributed by atoms with van der Waals surface area (Å²) < 4.78 is 0. The Kier molecular flexibility index (Phi) is 3.79. The number of fused-ring (bicyclic) bond motifs is 1. The van der Waals surface area contributed by atoms with Crippen molar-refractivity contribution in [2.24, 2.45) is 17.6 Å². The lowest BCUT2D eigenvalue weighted by Crippen LogP contribution is -2.38. The van der Waals surface area contributed by atoms with Gasteiger partial charge in [-0.2, -0.15) is 0 Å². The first kappa shape index (κ1) is 13.6. The largest absolute Gasteiger partial charge is 0.342 e. The van der Waals surface area contributed by atoms with E-state index in [0.29, 0.717) is 24.3 Å². The zero-order valence-electron chi connectivity index (χ0n) is 12.2. The third kappa shape index (κ3) is 2.73. The Morgan fingerprint density at radius 2 is 2.00 bits per heavy atom. The minimum absolute atomic E-state index is 0.260. The molecule has 3 rings (SSSR count). The normalized spacial score (nSPS) is 29.3. The van der Waals surface area contributed by atoms with Crippen LogP contribution in [0.5, 0.6) is 0 Å². The summed E-state index contributed by atoms with van der Waals surface area (Å²) in [6.45, 7) is 3.86. The number of likely N-dealkylation sites (tertiary alicyclic amines) is 1. The molecule has 2 N–H and O–H groups in total. The smallest absolute Gasteiger partial charge is 0.227 e. The van der Waals surface area contributed by atoms with Crippen molar-refractivity contribution in [3.63, 3.8) is 0 Å². The Labute approximate surface area is 121 Å². The number of benzene rings is 1. The molecule has 3 unspecified atom stereocenters. The summed E-state index contributed by atoms with van der Waals surface area (Å²) in [5.41, 5.74) is 8.56. The van der Waals surface area contributed by atoms with Gasteiger partial charge in [0.05, 0.1) is 6.42 Å². The lowest BCUT2D eigenvalue weighted by atomic mass is 9.78. The third-order valence-corrected chi connectivity index (χ3v) is 4.98. The summed E-state index contributed by atoms with van der Waals surface area (Å²) in [6.07, 6.45) is 4.12. The van der Waals surface area contributed by atoms with Crippen LogP contribution >= 0.6 is 0 Å². The van der Waals surface area contributed by atoms with Crippen LogP contribution in [0.4, 0.5) is 0 Å². The van der Waals surface area contributed by atoms with Gasteiger partial charge in [0.2, 0.25) is 5.91 Å². The Hall–Kier alpha value is -1.35. The van der Waals surface area contributed by atoms with Crippen LogP contribution in [0.2, 0.25) is 0 Å². The van der Waals surface area contributed by atoms with Crippen LogP contribution in [-0.2, 0) is 11.2 Å². The molecule has 1 amide bonds. The molecule has 20 heavy (non-hydrogen) atoms. The predicted molar refractivity (Wildman–Crippen MR) is 80.3 cm³/mol. The number of hydrogen-bond donors (Lipinski definition) is 1. The molecule has 1 saturated carbocycles. The first-order chi connectivity index (χ1) is 9.63. The van der Waals surface area contributed by atoms with Gasteiger partial charge in [-0.25, -0.2) is 0 Å². The van der Waals surface area contributed by atoms with Gasteiger partial charge >= 0.3 is 0 Å². The minimum atomic E-state index is 0.260. The fourth-order valence-corrected chi connectivity index (χ4v) is 3.71. The molecule has 0 bridgehead atoms. The zero-order valence-corrected chi connectivity index (χ0v) is 12.2. The number of carbonyl (C=O) groups excluding carboxylic acids is 1. The molecular weight excluding hydrogens is 248 g/mol. The molecule has 2 fully saturated rings. The monoisotopic (exact) mass is 272 g/mol. The Morgan fingerprint density at radius 1 is 1.25 bits per heavy atom. The van der Waals surface area contributed by atoms with Crippen molar-refractivity contribution in [3.8, 4) is 0 Å². The van der Waals surface area contributed by atoms with E-state index in [1.54, 1.807) is 0 Å². The Morgan fingerprint density at radius 3 is 2.70 bits per heavy atom. The van der Waals surface area contributed by atoms with E-state index in [1.807, 2.05) is 4.90 Å². The van der Waals surface area contributed by atoms with Crippen molar-refractivity contribution in [2.45, 2.75) is 38.6 Å². The number of nitrogens with two attached hydrogens (primary N) is 1. The molecule has 0 radical (unpaired) electrons. The third-order valence-electron chi connectivity index (χ3n) is 4.98. The molecule has 1 heterocycles. The van der Waals surface area contributed by atoms with Gasteiger partial charge in [0.1, 0.15) is 0 Å². The maximum atomic E-state index is 12.4. The first-order valence-electron chi connectivity index (χ1n) is 7.72. The molecule has 1 aliphatic heterocycles. The van der Waals surface area contributed by atoms with Gasteiger partial charge in [0.15, 0.2) is 0 Å². The fourth-order valence-electron chi connectivity index (χ4n) is 3.71. The van der Waals surface area contributed by atoms with Crippen LogP contribution in [0, 0.1) is 18.8 Å². The summed E-state index contributed by atoms with van der Waals surface area (Å²) in [6, 6.07) is 8.56. The molecule has 1 saturated heterocycles. The highest BCUT2D eigenvalue weighted by atomic mass is 16.2. The Bertz CT molecular complexity index is 482. The van der Waals surface area contributed by atoms with Gasteiger partial charge in [-0.15, -0.1) is 0 Å². The highest BCUT2D eigenvalue weighted by Crippen LogP contribution is 2.35. The second-order valence-electron chi connectivity index (χ2n) is 6.48. The number of carbonyl (C=O) groups is 1. The maximum absolute atomic E-state index is 12.4. The number of hydrogen-bond acceptors (Lipinski definition) is 2. The van der Waals surface area contributed by atoms with Crippen LogP contribution in [-0.4, -0.2) is 29.9 Å². The van der Waals surface area contributed by atoms with E-state index in [9.17, 15) is 4.79 Å². The molecule has 3 nitrogen and oxygen atoms in total. The van der Waals surface area contributed by atoms with Gasteiger partial charge in [-0.3, -0.25) is 4.79 Å². The van der Waals surface area contributed by atoms with Gasteiger partial charge in [-0.1, -0.05) is 36.2 Å². The van der Waals surface area contributed by atoms with Crippen molar-refractivity contribution in [1.29, 1.82) is 0 Å². The predicted octanol–water partition coefficient (Wildman–Crippen LogP) is 2.12. The minimum Gasteiger partial charge on any atom is -0.342 e. The summed E-state index contributed by atoms with van der Waals surface area (Å²) in [5.74, 6) is 1.43. The topological polar surface area (TPSA) is 46.3 Å². The molecular formula is C17H24N2O. The van der Waals surface area contributed by atoms with E-state index < -0.39 is 0 Å². The van der Waals surface area contributed by atoms with Crippen molar-refractivity contribution >= 4 is 5.91 Å². The summed E-state index contributed by atoms with van der Waals surface area (Å²) in [7, 11) is 0. The quantitative estimate of drug-likeness (QED) is 0.896. The molecule has 0 aromatic heterocycles. The number of rotatable bonds is 2. The second kappa shape index (κ2) is 5.57. The van der Waals surface area contributed by atoms with E-state index in [4.69, 9.17) is 5.73 Å². The van der Waals surface area contributed by atoms with E-state index in [0.717, 1.165) is 25.1 Å².